The van der Waals surface area contributed by atoms with Crippen LogP contribution >= 0.6 is 11.6 Å². The van der Waals surface area contributed by atoms with Gasteiger partial charge in [0.25, 0.3) is 0 Å². The lowest BCUT2D eigenvalue weighted by molar-refractivity contribution is 0.145. The third-order valence-corrected chi connectivity index (χ3v) is 6.90. The van der Waals surface area contributed by atoms with Crippen LogP contribution in [-0.4, -0.2) is 50.8 Å². The molecule has 0 radical (unpaired) electrons. The molecule has 2 aliphatic rings. The van der Waals surface area contributed by atoms with E-state index in [4.69, 9.17) is 21.3 Å². The van der Waals surface area contributed by atoms with E-state index >= 15 is 0 Å². The molecule has 2 aliphatic heterocycles. The van der Waals surface area contributed by atoms with E-state index in [-0.39, 0.29) is 18.4 Å². The summed E-state index contributed by atoms with van der Waals surface area (Å²) in [6.45, 7) is 5.47. The summed E-state index contributed by atoms with van der Waals surface area (Å²) in [7, 11) is 0. The molecule has 0 bridgehead atoms. The maximum absolute atomic E-state index is 13.9. The molecule has 5 rings (SSSR count). The highest BCUT2D eigenvalue weighted by Gasteiger charge is 2.23. The minimum atomic E-state index is -0.773. The van der Waals surface area contributed by atoms with Crippen LogP contribution < -0.4 is 9.80 Å². The Kier molecular flexibility index (Phi) is 7.53. The number of halogens is 3. The average Bonchev–Trinajstić information content (AvgIpc) is 2.91. The fourth-order valence-corrected chi connectivity index (χ4v) is 4.66. The molecule has 1 fully saturated rings. The minimum absolute atomic E-state index is 0.00331. The zero-order valence-electron chi connectivity index (χ0n) is 21.0. The number of allylic oxidation sites excluding steroid dienone is 2. The number of piperidine rings is 1. The van der Waals surface area contributed by atoms with Crippen molar-refractivity contribution in [1.29, 1.82) is 0 Å². The predicted molar refractivity (Wildman–Crippen MR) is 140 cm³/mol. The van der Waals surface area contributed by atoms with Crippen molar-refractivity contribution in [3.05, 3.63) is 82.2 Å². The maximum Gasteiger partial charge on any atom is 0.225 e. The Morgan fingerprint density at radius 2 is 1.87 bits per heavy atom. The summed E-state index contributed by atoms with van der Waals surface area (Å²) < 4.78 is 32.8. The quantitative estimate of drug-likeness (QED) is 0.474. The van der Waals surface area contributed by atoms with Crippen LogP contribution in [-0.2, 0) is 11.3 Å². The highest BCUT2D eigenvalue weighted by molar-refractivity contribution is 6.30. The van der Waals surface area contributed by atoms with Gasteiger partial charge in [-0.1, -0.05) is 11.6 Å². The zero-order chi connectivity index (χ0) is 26.8. The van der Waals surface area contributed by atoms with E-state index in [1.807, 2.05) is 30.9 Å². The van der Waals surface area contributed by atoms with Crippen LogP contribution in [0.5, 0.6) is 0 Å². The summed E-state index contributed by atoms with van der Waals surface area (Å²) in [6.07, 6.45) is 7.35. The molecule has 3 aromatic heterocycles. The molecule has 0 aliphatic carbocycles. The molecule has 198 valence electrons. The number of hydrogen-bond donors (Lipinski definition) is 1. The van der Waals surface area contributed by atoms with E-state index in [0.29, 0.717) is 60.6 Å². The Hall–Kier alpha value is -3.63. The topological polar surface area (TPSA) is 87.5 Å². The number of aliphatic hydroxyl groups is 1. The van der Waals surface area contributed by atoms with E-state index in [1.54, 1.807) is 18.5 Å². The van der Waals surface area contributed by atoms with E-state index in [2.05, 4.69) is 19.9 Å². The molecule has 8 nitrogen and oxygen atoms in total. The molecule has 0 aromatic carbocycles. The summed E-state index contributed by atoms with van der Waals surface area (Å²) in [5.74, 6) is -0.494. The number of ether oxygens (including phenoxy) is 1. The van der Waals surface area contributed by atoms with Crippen molar-refractivity contribution in [1.82, 2.24) is 19.9 Å². The first-order valence-electron chi connectivity index (χ1n) is 12.3. The minimum Gasteiger partial charge on any atom is -0.486 e. The largest absolute Gasteiger partial charge is 0.486 e. The second-order valence-corrected chi connectivity index (χ2v) is 9.78. The molecule has 1 saturated heterocycles. The third kappa shape index (κ3) is 5.61. The Bertz CT molecular complexity index is 1410. The average molecular weight is 541 g/mol. The highest BCUT2D eigenvalue weighted by atomic mass is 35.5. The molecule has 1 N–H and O–H groups in total. The van der Waals surface area contributed by atoms with Gasteiger partial charge >= 0.3 is 0 Å². The summed E-state index contributed by atoms with van der Waals surface area (Å²) >= 11 is 6.58. The zero-order valence-corrected chi connectivity index (χ0v) is 21.8. The van der Waals surface area contributed by atoms with Crippen LogP contribution in [0.25, 0.3) is 11.4 Å². The number of rotatable bonds is 6. The van der Waals surface area contributed by atoms with E-state index in [9.17, 15) is 13.9 Å². The lowest BCUT2D eigenvalue weighted by Crippen LogP contribution is -2.36. The summed E-state index contributed by atoms with van der Waals surface area (Å²) in [5.41, 5.74) is 4.11. The van der Waals surface area contributed by atoms with Crippen LogP contribution in [0.2, 0.25) is 0 Å². The van der Waals surface area contributed by atoms with Crippen molar-refractivity contribution in [2.24, 2.45) is 0 Å². The first-order chi connectivity index (χ1) is 18.3. The molecule has 5 heterocycles. The number of hydrogen-bond acceptors (Lipinski definition) is 8. The molecular formula is C27H27ClF2N6O2. The third-order valence-electron chi connectivity index (χ3n) is 6.60. The van der Waals surface area contributed by atoms with E-state index in [1.165, 1.54) is 0 Å². The van der Waals surface area contributed by atoms with Crippen molar-refractivity contribution >= 4 is 23.2 Å². The Morgan fingerprint density at radius 3 is 2.63 bits per heavy atom. The number of aromatic nitrogens is 4. The Labute approximate surface area is 224 Å². The lowest BCUT2D eigenvalue weighted by Gasteiger charge is -2.31. The van der Waals surface area contributed by atoms with Crippen LogP contribution in [0.15, 0.2) is 59.4 Å². The predicted octanol–water partition coefficient (Wildman–Crippen LogP) is 4.87. The van der Waals surface area contributed by atoms with E-state index < -0.39 is 11.6 Å². The van der Waals surface area contributed by atoms with Gasteiger partial charge in [0.15, 0.2) is 5.82 Å². The van der Waals surface area contributed by atoms with Crippen LogP contribution in [0.1, 0.15) is 31.0 Å². The Morgan fingerprint density at radius 1 is 1.08 bits per heavy atom. The lowest BCUT2D eigenvalue weighted by atomic mass is 10.1. The van der Waals surface area contributed by atoms with Crippen molar-refractivity contribution in [3.63, 3.8) is 0 Å². The molecule has 3 aromatic rings. The normalized spacial score (nSPS) is 16.6. The fraction of sp³-hybridized carbons (Fsp3) is 0.333. The SMILES string of the molecule is CC1=CC(OCc2ncc(F)cc2F)=C(Cl)CN1c1cc(-c2ccnc(N3CCC(O)CC3)n2)ncc1C. The van der Waals surface area contributed by atoms with Crippen LogP contribution in [0.4, 0.5) is 20.4 Å². The summed E-state index contributed by atoms with van der Waals surface area (Å²) in [5, 5.41) is 10.2. The van der Waals surface area contributed by atoms with Gasteiger partial charge in [-0.25, -0.2) is 18.7 Å². The number of anilines is 2. The fourth-order valence-electron chi connectivity index (χ4n) is 4.43. The maximum atomic E-state index is 13.9. The van der Waals surface area contributed by atoms with Gasteiger partial charge in [0, 0.05) is 49.0 Å². The molecule has 0 spiro atoms. The molecule has 0 amide bonds. The smallest absolute Gasteiger partial charge is 0.225 e. The van der Waals surface area contributed by atoms with Gasteiger partial charge < -0.3 is 19.6 Å². The number of nitrogens with zero attached hydrogens (tertiary/aromatic N) is 6. The van der Waals surface area contributed by atoms with Crippen molar-refractivity contribution in [2.45, 2.75) is 39.4 Å². The highest BCUT2D eigenvalue weighted by Crippen LogP contribution is 2.33. The second-order valence-electron chi connectivity index (χ2n) is 9.33. The van der Waals surface area contributed by atoms with Gasteiger partial charge in [-0.15, -0.1) is 0 Å². The van der Waals surface area contributed by atoms with Crippen LogP contribution in [0.3, 0.4) is 0 Å². The number of aliphatic hydroxyl groups excluding tert-OH is 1. The first kappa shape index (κ1) is 26.0. The van der Waals surface area contributed by atoms with Gasteiger partial charge in [-0.05, 0) is 44.4 Å². The number of aryl methyl sites for hydroxylation is 1. The number of pyridine rings is 2. The van der Waals surface area contributed by atoms with E-state index in [0.717, 1.165) is 29.2 Å². The summed E-state index contributed by atoms with van der Waals surface area (Å²) in [6, 6.07) is 4.56. The molecule has 0 atom stereocenters. The van der Waals surface area contributed by atoms with Crippen LogP contribution in [0, 0.1) is 18.6 Å². The van der Waals surface area contributed by atoms with Gasteiger partial charge in [-0.3, -0.25) is 9.97 Å². The summed E-state index contributed by atoms with van der Waals surface area (Å²) in [4.78, 5) is 21.6. The van der Waals surface area contributed by atoms with Crippen molar-refractivity contribution < 1.29 is 18.6 Å². The van der Waals surface area contributed by atoms with Gasteiger partial charge in [0.05, 0.1) is 35.3 Å². The molecule has 0 saturated carbocycles. The molecule has 0 unspecified atom stereocenters. The van der Waals surface area contributed by atoms with Gasteiger partial charge in [0.2, 0.25) is 5.95 Å². The molecular weight excluding hydrogens is 514 g/mol. The standard InChI is InChI=1S/C27H27ClF2N6O2/c1-16-12-32-23(22-3-6-31-27(34-22)35-7-4-19(37)5-8-35)11-25(16)36-14-20(28)26(9-17(36)2)38-15-24-21(30)10-18(29)13-33-24/h3,6,9-13,19,37H,4-5,7-8,14-15H2,1-2H3. The van der Waals surface area contributed by atoms with Crippen molar-refractivity contribution in [2.75, 3.05) is 29.4 Å². The molecule has 11 heteroatoms. The first-order valence-corrected chi connectivity index (χ1v) is 12.7. The molecule has 38 heavy (non-hydrogen) atoms. The Balaban J connectivity index is 1.35. The van der Waals surface area contributed by atoms with Crippen molar-refractivity contribution in [3.8, 4) is 11.4 Å². The monoisotopic (exact) mass is 540 g/mol. The van der Waals surface area contributed by atoms with Gasteiger partial charge in [-0.2, -0.15) is 0 Å². The second kappa shape index (κ2) is 11.0. The van der Waals surface area contributed by atoms with Gasteiger partial charge in [0.1, 0.15) is 23.9 Å².